The van der Waals surface area contributed by atoms with Crippen LogP contribution < -0.4 is 5.32 Å². The van der Waals surface area contributed by atoms with Gasteiger partial charge in [-0.1, -0.05) is 30.3 Å². The number of nitrogens with one attached hydrogen (secondary N) is 1. The molecule has 1 N–H and O–H groups in total. The fourth-order valence-electron chi connectivity index (χ4n) is 3.25. The summed E-state index contributed by atoms with van der Waals surface area (Å²) in [6, 6.07) is 22.9. The van der Waals surface area contributed by atoms with E-state index < -0.39 is 0 Å². The Morgan fingerprint density at radius 2 is 1.87 bits per heavy atom. The van der Waals surface area contributed by atoms with Crippen LogP contribution in [0.4, 0.5) is 5.69 Å². The van der Waals surface area contributed by atoms with Crippen molar-refractivity contribution in [2.75, 3.05) is 5.32 Å². The number of nitrogens with zero attached hydrogens (tertiary/aromatic N) is 4. The maximum Gasteiger partial charge on any atom is 0.276 e. The van der Waals surface area contributed by atoms with Gasteiger partial charge in [0.2, 0.25) is 0 Å². The van der Waals surface area contributed by atoms with Gasteiger partial charge in [-0.3, -0.25) is 4.79 Å². The van der Waals surface area contributed by atoms with E-state index in [0.29, 0.717) is 11.5 Å². The van der Waals surface area contributed by atoms with Gasteiger partial charge < -0.3 is 5.32 Å². The summed E-state index contributed by atoms with van der Waals surface area (Å²) in [5, 5.41) is 7.49. The van der Waals surface area contributed by atoms with Crippen molar-refractivity contribution in [2.45, 2.75) is 6.92 Å². The molecule has 1 amide bonds. The molecule has 5 rings (SSSR count). The van der Waals surface area contributed by atoms with Crippen LogP contribution in [-0.2, 0) is 0 Å². The van der Waals surface area contributed by atoms with Crippen LogP contribution >= 0.6 is 11.3 Å². The van der Waals surface area contributed by atoms with Gasteiger partial charge in [0.1, 0.15) is 0 Å². The van der Waals surface area contributed by atoms with E-state index >= 15 is 0 Å². The minimum Gasteiger partial charge on any atom is -0.321 e. The lowest BCUT2D eigenvalue weighted by atomic mass is 10.1. The molecular weight excluding hydrogens is 394 g/mol. The number of rotatable bonds is 4. The molecule has 0 aliphatic carbocycles. The maximum absolute atomic E-state index is 12.9. The van der Waals surface area contributed by atoms with E-state index in [1.165, 1.54) is 0 Å². The standard InChI is InChI=1S/C23H17N5OS/c1-15-6-5-9-22(25-15)28-20(16-10-11-18-21(12-16)30-14-24-18)13-19(27-28)23(29)26-17-7-3-2-4-8-17/h2-14H,1H3,(H,26,29). The highest BCUT2D eigenvalue weighted by Crippen LogP contribution is 2.28. The highest BCUT2D eigenvalue weighted by atomic mass is 32.1. The first-order valence-electron chi connectivity index (χ1n) is 9.41. The second kappa shape index (κ2) is 7.53. The molecule has 0 aliphatic rings. The SMILES string of the molecule is Cc1cccc(-n2nc(C(=O)Nc3ccccc3)cc2-c2ccc3ncsc3c2)n1. The summed E-state index contributed by atoms with van der Waals surface area (Å²) in [5.41, 5.74) is 6.43. The lowest BCUT2D eigenvalue weighted by Gasteiger charge is -2.07. The second-order valence-electron chi connectivity index (χ2n) is 6.82. The molecule has 0 radical (unpaired) electrons. The van der Waals surface area contributed by atoms with Crippen molar-refractivity contribution in [2.24, 2.45) is 0 Å². The molecule has 0 saturated carbocycles. The van der Waals surface area contributed by atoms with Gasteiger partial charge in [-0.25, -0.2) is 14.6 Å². The summed E-state index contributed by atoms with van der Waals surface area (Å²) in [5.74, 6) is 0.390. The quantitative estimate of drug-likeness (QED) is 0.446. The van der Waals surface area contributed by atoms with Crippen molar-refractivity contribution in [3.05, 3.63) is 89.7 Å². The fraction of sp³-hybridized carbons (Fsp3) is 0.0435. The Bertz CT molecular complexity index is 1360. The van der Waals surface area contributed by atoms with Crippen LogP contribution in [0.5, 0.6) is 0 Å². The fourth-order valence-corrected chi connectivity index (χ4v) is 3.97. The Labute approximate surface area is 176 Å². The van der Waals surface area contributed by atoms with E-state index in [9.17, 15) is 4.79 Å². The summed E-state index contributed by atoms with van der Waals surface area (Å²) in [4.78, 5) is 21.8. The minimum absolute atomic E-state index is 0.271. The van der Waals surface area contributed by atoms with E-state index in [1.54, 1.807) is 22.1 Å². The molecule has 0 bridgehead atoms. The van der Waals surface area contributed by atoms with Crippen LogP contribution in [0.15, 0.2) is 78.3 Å². The zero-order valence-electron chi connectivity index (χ0n) is 16.1. The normalized spacial score (nSPS) is 11.0. The average Bonchev–Trinajstić information content (AvgIpc) is 3.41. The lowest BCUT2D eigenvalue weighted by molar-refractivity contribution is 0.102. The molecule has 0 aliphatic heterocycles. The van der Waals surface area contributed by atoms with Gasteiger partial charge in [0, 0.05) is 16.9 Å². The van der Waals surface area contributed by atoms with Crippen molar-refractivity contribution in [1.82, 2.24) is 19.7 Å². The van der Waals surface area contributed by atoms with Gasteiger partial charge in [0.15, 0.2) is 11.5 Å². The number of hydrogen-bond acceptors (Lipinski definition) is 5. The van der Waals surface area contributed by atoms with Crippen LogP contribution in [0.1, 0.15) is 16.2 Å². The third-order valence-corrected chi connectivity index (χ3v) is 5.48. The molecule has 5 aromatic rings. The number of aromatic nitrogens is 4. The van der Waals surface area contributed by atoms with Crippen molar-refractivity contribution in [3.63, 3.8) is 0 Å². The summed E-state index contributed by atoms with van der Waals surface area (Å²) >= 11 is 1.58. The molecule has 3 aromatic heterocycles. The molecule has 7 heteroatoms. The molecule has 0 spiro atoms. The van der Waals surface area contributed by atoms with E-state index in [2.05, 4.69) is 26.4 Å². The van der Waals surface area contributed by atoms with Gasteiger partial charge >= 0.3 is 0 Å². The highest BCUT2D eigenvalue weighted by molar-refractivity contribution is 7.16. The van der Waals surface area contributed by atoms with Gasteiger partial charge in [0.05, 0.1) is 21.4 Å². The molecule has 6 nitrogen and oxygen atoms in total. The first kappa shape index (κ1) is 18.2. The summed E-state index contributed by atoms with van der Waals surface area (Å²) in [6.45, 7) is 1.93. The maximum atomic E-state index is 12.9. The molecule has 0 saturated heterocycles. The first-order chi connectivity index (χ1) is 14.7. The van der Waals surface area contributed by atoms with Crippen LogP contribution in [0.3, 0.4) is 0 Å². The number of anilines is 1. The number of pyridine rings is 1. The number of amides is 1. The van der Waals surface area contributed by atoms with Gasteiger partial charge in [-0.05, 0) is 49.4 Å². The molecule has 3 heterocycles. The Morgan fingerprint density at radius 1 is 1.00 bits per heavy atom. The number of aryl methyl sites for hydroxylation is 1. The molecule has 0 atom stereocenters. The molecule has 146 valence electrons. The van der Waals surface area contributed by atoms with Crippen LogP contribution in [0.25, 0.3) is 27.3 Å². The van der Waals surface area contributed by atoms with E-state index in [4.69, 9.17) is 0 Å². The Hall–Kier alpha value is -3.84. The number of para-hydroxylation sites is 1. The van der Waals surface area contributed by atoms with Crippen LogP contribution in [0.2, 0.25) is 0 Å². The van der Waals surface area contributed by atoms with Gasteiger partial charge in [0.25, 0.3) is 5.91 Å². The van der Waals surface area contributed by atoms with E-state index in [-0.39, 0.29) is 5.91 Å². The highest BCUT2D eigenvalue weighted by Gasteiger charge is 2.18. The minimum atomic E-state index is -0.271. The van der Waals surface area contributed by atoms with E-state index in [1.807, 2.05) is 73.1 Å². The summed E-state index contributed by atoms with van der Waals surface area (Å²) < 4.78 is 2.79. The largest absolute Gasteiger partial charge is 0.321 e. The zero-order valence-corrected chi connectivity index (χ0v) is 16.9. The lowest BCUT2D eigenvalue weighted by Crippen LogP contribution is -2.13. The average molecular weight is 411 g/mol. The predicted octanol–water partition coefficient (Wildman–Crippen LogP) is 5.10. The van der Waals surface area contributed by atoms with Crippen molar-refractivity contribution in [3.8, 4) is 17.1 Å². The molecule has 2 aromatic carbocycles. The van der Waals surface area contributed by atoms with Crippen molar-refractivity contribution < 1.29 is 4.79 Å². The first-order valence-corrected chi connectivity index (χ1v) is 10.3. The third kappa shape index (κ3) is 3.46. The molecule has 0 fully saturated rings. The monoisotopic (exact) mass is 411 g/mol. The predicted molar refractivity (Wildman–Crippen MR) is 119 cm³/mol. The van der Waals surface area contributed by atoms with Crippen molar-refractivity contribution >= 4 is 33.1 Å². The smallest absolute Gasteiger partial charge is 0.276 e. The number of carbonyl (C=O) groups is 1. The number of thiazole rings is 1. The van der Waals surface area contributed by atoms with Gasteiger partial charge in [-0.15, -0.1) is 11.3 Å². The molecular formula is C23H17N5OS. The number of benzene rings is 2. The number of carbonyl (C=O) groups excluding carboxylic acids is 1. The van der Waals surface area contributed by atoms with Crippen molar-refractivity contribution in [1.29, 1.82) is 0 Å². The Morgan fingerprint density at radius 3 is 2.70 bits per heavy atom. The third-order valence-electron chi connectivity index (χ3n) is 4.69. The molecule has 0 unspecified atom stereocenters. The molecule has 30 heavy (non-hydrogen) atoms. The Kier molecular flexibility index (Phi) is 4.57. The van der Waals surface area contributed by atoms with Gasteiger partial charge in [-0.2, -0.15) is 5.10 Å². The zero-order chi connectivity index (χ0) is 20.5. The topological polar surface area (TPSA) is 72.7 Å². The summed E-state index contributed by atoms with van der Waals surface area (Å²) in [7, 11) is 0. The van der Waals surface area contributed by atoms with E-state index in [0.717, 1.165) is 32.9 Å². The van der Waals surface area contributed by atoms with Crippen LogP contribution in [-0.4, -0.2) is 25.7 Å². The van der Waals surface area contributed by atoms with Crippen LogP contribution in [0, 0.1) is 6.92 Å². The Balaban J connectivity index is 1.61. The summed E-state index contributed by atoms with van der Waals surface area (Å²) in [6.07, 6.45) is 0. The second-order valence-corrected chi connectivity index (χ2v) is 7.71. The number of hydrogen-bond donors (Lipinski definition) is 1. The number of fused-ring (bicyclic) bond motifs is 1.